The molecule has 0 bridgehead atoms. The fraction of sp³-hybridized carbons (Fsp3) is 0.429. The summed E-state index contributed by atoms with van der Waals surface area (Å²) < 4.78 is 7.99. The largest absolute Gasteiger partial charge is 0.378 e. The van der Waals surface area contributed by atoms with E-state index in [4.69, 9.17) is 4.74 Å². The van der Waals surface area contributed by atoms with Gasteiger partial charge in [0.2, 0.25) is 0 Å². The van der Waals surface area contributed by atoms with Gasteiger partial charge in [0.25, 0.3) is 0 Å². The molecule has 1 aliphatic rings. The molecule has 4 nitrogen and oxygen atoms in total. The van der Waals surface area contributed by atoms with Gasteiger partial charge in [-0.1, -0.05) is 18.2 Å². The second-order valence-corrected chi connectivity index (χ2v) is 6.90. The van der Waals surface area contributed by atoms with Crippen LogP contribution in [0.2, 0.25) is 0 Å². The Morgan fingerprint density at radius 2 is 2.12 bits per heavy atom. The molecule has 0 radical (unpaired) electrons. The smallest absolute Gasteiger partial charge is 0.140 e. The van der Waals surface area contributed by atoms with Crippen LogP contribution in [0.4, 0.5) is 0 Å². The SMILES string of the molecule is Cc1ccc(-c2nccn2CCCCC2CCCO2)c2cccnc12. The Labute approximate surface area is 148 Å². The van der Waals surface area contributed by atoms with Crippen molar-refractivity contribution < 1.29 is 4.74 Å². The summed E-state index contributed by atoms with van der Waals surface area (Å²) in [6.45, 7) is 4.05. The number of nitrogens with zero attached hydrogens (tertiary/aromatic N) is 3. The Balaban J connectivity index is 1.51. The Morgan fingerprint density at radius 1 is 1.16 bits per heavy atom. The van der Waals surface area contributed by atoms with Crippen LogP contribution in [0.3, 0.4) is 0 Å². The molecule has 0 spiro atoms. The third kappa shape index (κ3) is 3.45. The molecule has 25 heavy (non-hydrogen) atoms. The molecule has 3 aromatic rings. The van der Waals surface area contributed by atoms with Crippen molar-refractivity contribution in [2.45, 2.75) is 51.7 Å². The second-order valence-electron chi connectivity index (χ2n) is 6.90. The first kappa shape index (κ1) is 16.3. The van der Waals surface area contributed by atoms with Crippen LogP contribution in [0, 0.1) is 6.92 Å². The molecule has 4 rings (SSSR count). The van der Waals surface area contributed by atoms with Crippen LogP contribution >= 0.6 is 0 Å². The first-order valence-electron chi connectivity index (χ1n) is 9.30. The van der Waals surface area contributed by atoms with Crippen LogP contribution in [-0.4, -0.2) is 27.2 Å². The van der Waals surface area contributed by atoms with Gasteiger partial charge in [0, 0.05) is 42.7 Å². The van der Waals surface area contributed by atoms with Crippen molar-refractivity contribution in [1.82, 2.24) is 14.5 Å². The number of ether oxygens (including phenoxy) is 1. The zero-order valence-corrected chi connectivity index (χ0v) is 14.8. The van der Waals surface area contributed by atoms with Gasteiger partial charge in [0.1, 0.15) is 5.82 Å². The van der Waals surface area contributed by atoms with Crippen LogP contribution in [0.1, 0.15) is 37.7 Å². The number of imidazole rings is 1. The van der Waals surface area contributed by atoms with E-state index < -0.39 is 0 Å². The van der Waals surface area contributed by atoms with Crippen LogP contribution in [0.25, 0.3) is 22.3 Å². The van der Waals surface area contributed by atoms with Gasteiger partial charge < -0.3 is 9.30 Å². The van der Waals surface area contributed by atoms with Crippen LogP contribution in [0.15, 0.2) is 42.9 Å². The Hall–Kier alpha value is -2.20. The lowest BCUT2D eigenvalue weighted by molar-refractivity contribution is 0.102. The van der Waals surface area contributed by atoms with Gasteiger partial charge in [0.15, 0.2) is 0 Å². The minimum absolute atomic E-state index is 0.495. The molecule has 1 aromatic carbocycles. The third-order valence-electron chi connectivity index (χ3n) is 5.13. The Morgan fingerprint density at radius 3 is 3.00 bits per heavy atom. The van der Waals surface area contributed by atoms with Gasteiger partial charge in [-0.15, -0.1) is 0 Å². The molecule has 0 N–H and O–H groups in total. The summed E-state index contributed by atoms with van der Waals surface area (Å²) in [6.07, 6.45) is 12.3. The van der Waals surface area contributed by atoms with Crippen molar-refractivity contribution in [3.63, 3.8) is 0 Å². The fourth-order valence-corrected chi connectivity index (χ4v) is 3.77. The van der Waals surface area contributed by atoms with Crippen LogP contribution in [-0.2, 0) is 11.3 Å². The monoisotopic (exact) mass is 335 g/mol. The maximum atomic E-state index is 5.72. The van der Waals surface area contributed by atoms with Gasteiger partial charge in [-0.05, 0) is 50.7 Å². The Kier molecular flexibility index (Phi) is 4.79. The van der Waals surface area contributed by atoms with Crippen molar-refractivity contribution in [2.75, 3.05) is 6.61 Å². The summed E-state index contributed by atoms with van der Waals surface area (Å²) in [4.78, 5) is 9.18. The summed E-state index contributed by atoms with van der Waals surface area (Å²) in [5.41, 5.74) is 3.43. The number of hydrogen-bond donors (Lipinski definition) is 0. The minimum atomic E-state index is 0.495. The molecular weight excluding hydrogens is 310 g/mol. The summed E-state index contributed by atoms with van der Waals surface area (Å²) in [7, 11) is 0. The molecule has 0 aliphatic carbocycles. The van der Waals surface area contributed by atoms with Gasteiger partial charge >= 0.3 is 0 Å². The van der Waals surface area contributed by atoms with Crippen molar-refractivity contribution in [1.29, 1.82) is 0 Å². The van der Waals surface area contributed by atoms with E-state index in [0.29, 0.717) is 6.10 Å². The number of unbranched alkanes of at least 4 members (excludes halogenated alkanes) is 1. The van der Waals surface area contributed by atoms with Gasteiger partial charge in [0.05, 0.1) is 11.6 Å². The van der Waals surface area contributed by atoms with Gasteiger partial charge in [-0.25, -0.2) is 4.98 Å². The third-order valence-corrected chi connectivity index (χ3v) is 5.13. The van der Waals surface area contributed by atoms with Crippen molar-refractivity contribution in [3.8, 4) is 11.4 Å². The van der Waals surface area contributed by atoms with Crippen molar-refractivity contribution in [3.05, 3.63) is 48.4 Å². The predicted molar refractivity (Wildman–Crippen MR) is 101 cm³/mol. The molecule has 4 heteroatoms. The highest BCUT2D eigenvalue weighted by Gasteiger charge is 2.15. The maximum Gasteiger partial charge on any atom is 0.140 e. The molecular formula is C21H25N3O. The van der Waals surface area contributed by atoms with E-state index in [1.165, 1.54) is 36.6 Å². The van der Waals surface area contributed by atoms with E-state index >= 15 is 0 Å². The van der Waals surface area contributed by atoms with Crippen molar-refractivity contribution >= 4 is 10.9 Å². The molecule has 1 unspecified atom stereocenters. The highest BCUT2D eigenvalue weighted by atomic mass is 16.5. The minimum Gasteiger partial charge on any atom is -0.378 e. The summed E-state index contributed by atoms with van der Waals surface area (Å²) in [6, 6.07) is 8.45. The number of fused-ring (bicyclic) bond motifs is 1. The number of benzene rings is 1. The second kappa shape index (κ2) is 7.36. The molecule has 1 saturated heterocycles. The van der Waals surface area contributed by atoms with Gasteiger partial charge in [-0.3, -0.25) is 4.98 Å². The van der Waals surface area contributed by atoms with E-state index in [1.807, 2.05) is 18.5 Å². The summed E-state index contributed by atoms with van der Waals surface area (Å²) in [5, 5.41) is 1.18. The molecule has 3 heterocycles. The Bertz CT molecular complexity index is 849. The number of pyridine rings is 1. The fourth-order valence-electron chi connectivity index (χ4n) is 3.77. The number of aromatic nitrogens is 3. The topological polar surface area (TPSA) is 39.9 Å². The molecule has 1 fully saturated rings. The molecule has 2 aromatic heterocycles. The standard InChI is InChI=1S/C21H25N3O/c1-16-9-10-19(18-8-4-11-22-20(16)18)21-23-12-14-24(21)13-3-2-6-17-7-5-15-25-17/h4,8-12,14,17H,2-3,5-7,13,15H2,1H3. The van der Waals surface area contributed by atoms with Crippen LogP contribution in [0.5, 0.6) is 0 Å². The maximum absolute atomic E-state index is 5.72. The lowest BCUT2D eigenvalue weighted by Gasteiger charge is -2.12. The van der Waals surface area contributed by atoms with Crippen molar-refractivity contribution in [2.24, 2.45) is 0 Å². The quantitative estimate of drug-likeness (QED) is 0.610. The zero-order chi connectivity index (χ0) is 17.1. The average molecular weight is 335 g/mol. The van der Waals surface area contributed by atoms with E-state index in [9.17, 15) is 0 Å². The number of hydrogen-bond acceptors (Lipinski definition) is 3. The molecule has 130 valence electrons. The highest BCUT2D eigenvalue weighted by molar-refractivity contribution is 5.94. The van der Waals surface area contributed by atoms with E-state index in [0.717, 1.165) is 36.5 Å². The summed E-state index contributed by atoms with van der Waals surface area (Å²) >= 11 is 0. The first-order valence-corrected chi connectivity index (χ1v) is 9.30. The first-order chi connectivity index (χ1) is 12.3. The normalized spacial score (nSPS) is 17.4. The van der Waals surface area contributed by atoms with E-state index in [1.54, 1.807) is 0 Å². The molecule has 0 amide bonds. The molecule has 0 saturated carbocycles. The van der Waals surface area contributed by atoms with Gasteiger partial charge in [-0.2, -0.15) is 0 Å². The number of rotatable bonds is 6. The molecule has 1 atom stereocenters. The zero-order valence-electron chi connectivity index (χ0n) is 14.8. The predicted octanol–water partition coefficient (Wildman–Crippen LogP) is 4.76. The van der Waals surface area contributed by atoms with E-state index in [2.05, 4.69) is 45.9 Å². The average Bonchev–Trinajstić information content (AvgIpc) is 3.31. The van der Waals surface area contributed by atoms with Crippen LogP contribution < -0.4 is 0 Å². The van der Waals surface area contributed by atoms with E-state index in [-0.39, 0.29) is 0 Å². The summed E-state index contributed by atoms with van der Waals surface area (Å²) in [5.74, 6) is 1.04. The highest BCUT2D eigenvalue weighted by Crippen LogP contribution is 2.28. The lowest BCUT2D eigenvalue weighted by Crippen LogP contribution is -2.06. The molecule has 1 aliphatic heterocycles. The number of aryl methyl sites for hydroxylation is 2. The lowest BCUT2D eigenvalue weighted by atomic mass is 10.0.